The Bertz CT molecular complexity index is 620. The highest BCUT2D eigenvalue weighted by atomic mass is 32.2. The third kappa shape index (κ3) is 4.44. The van der Waals surface area contributed by atoms with Gasteiger partial charge in [0, 0.05) is 32.8 Å². The van der Waals surface area contributed by atoms with Crippen molar-refractivity contribution in [3.63, 3.8) is 0 Å². The van der Waals surface area contributed by atoms with Crippen LogP contribution in [0.5, 0.6) is 0 Å². The smallest absolute Gasteiger partial charge is 0.194 e. The maximum atomic E-state index is 12.9. The molecule has 0 bridgehead atoms. The van der Waals surface area contributed by atoms with Crippen LogP contribution in [0.25, 0.3) is 0 Å². The molecule has 2 saturated carbocycles. The second-order valence-corrected chi connectivity index (χ2v) is 11.3. The van der Waals surface area contributed by atoms with E-state index in [-0.39, 0.29) is 17.8 Å². The number of hydrogen-bond acceptors (Lipinski definition) is 4. The maximum absolute atomic E-state index is 12.9. The fourth-order valence-corrected chi connectivity index (χ4v) is 7.49. The number of nitrogens with zero attached hydrogens (tertiary/aromatic N) is 2. The SMILES string of the molecule is CCNC(=NCC1(CCO)CCCC1)N1CCS(=O)(=O)C2(CCCCC2)C1. The van der Waals surface area contributed by atoms with Crippen LogP contribution in [0.3, 0.4) is 0 Å². The standard InChI is InChI=1S/C20H37N3O3S/c1-2-21-18(22-16-19(12-14-24)8-6-7-9-19)23-13-15-27(25,26)20(17-23)10-4-3-5-11-20/h24H,2-17H2,1H3,(H,21,22). The summed E-state index contributed by atoms with van der Waals surface area (Å²) >= 11 is 0. The van der Waals surface area contributed by atoms with E-state index in [0.717, 1.165) is 70.4 Å². The third-order valence-electron chi connectivity index (χ3n) is 7.04. The van der Waals surface area contributed by atoms with Gasteiger partial charge in [-0.15, -0.1) is 0 Å². The lowest BCUT2D eigenvalue weighted by atomic mass is 9.83. The van der Waals surface area contributed by atoms with E-state index in [1.807, 2.05) is 0 Å². The summed E-state index contributed by atoms with van der Waals surface area (Å²) in [5, 5.41) is 12.9. The molecule has 0 aromatic heterocycles. The molecule has 1 aliphatic heterocycles. The van der Waals surface area contributed by atoms with Crippen molar-refractivity contribution < 1.29 is 13.5 Å². The van der Waals surface area contributed by atoms with Crippen LogP contribution < -0.4 is 5.32 Å². The Kier molecular flexibility index (Phi) is 6.72. The average Bonchev–Trinajstić information content (AvgIpc) is 3.11. The van der Waals surface area contributed by atoms with Gasteiger partial charge in [0.25, 0.3) is 0 Å². The van der Waals surface area contributed by atoms with Crippen molar-refractivity contribution in [2.45, 2.75) is 75.9 Å². The number of rotatable bonds is 5. The first-order valence-corrected chi connectivity index (χ1v) is 12.5. The summed E-state index contributed by atoms with van der Waals surface area (Å²) in [6, 6.07) is 0. The molecule has 1 heterocycles. The highest BCUT2D eigenvalue weighted by Gasteiger charge is 2.48. The van der Waals surface area contributed by atoms with Gasteiger partial charge in [0.1, 0.15) is 0 Å². The zero-order valence-electron chi connectivity index (χ0n) is 16.9. The minimum atomic E-state index is -3.04. The molecule has 0 amide bonds. The number of nitrogens with one attached hydrogen (secondary N) is 1. The lowest BCUT2D eigenvalue weighted by Gasteiger charge is -2.45. The summed E-state index contributed by atoms with van der Waals surface area (Å²) in [5.41, 5.74) is 0.125. The Morgan fingerprint density at radius 3 is 2.41 bits per heavy atom. The molecular formula is C20H37N3O3S. The first-order valence-electron chi connectivity index (χ1n) is 10.8. The van der Waals surface area contributed by atoms with Crippen molar-refractivity contribution in [1.29, 1.82) is 0 Å². The monoisotopic (exact) mass is 399 g/mol. The molecule has 2 N–H and O–H groups in total. The van der Waals surface area contributed by atoms with Gasteiger partial charge in [-0.25, -0.2) is 8.42 Å². The Morgan fingerprint density at radius 1 is 1.11 bits per heavy atom. The van der Waals surface area contributed by atoms with E-state index in [1.165, 1.54) is 12.8 Å². The number of aliphatic imine (C=N–C) groups is 1. The summed E-state index contributed by atoms with van der Waals surface area (Å²) in [4.78, 5) is 7.15. The molecule has 156 valence electrons. The zero-order chi connectivity index (χ0) is 19.4. The van der Waals surface area contributed by atoms with Crippen LogP contribution in [0, 0.1) is 5.41 Å². The van der Waals surface area contributed by atoms with Gasteiger partial charge in [-0.3, -0.25) is 4.99 Å². The topological polar surface area (TPSA) is 82.0 Å². The van der Waals surface area contributed by atoms with Crippen LogP contribution in [0.15, 0.2) is 4.99 Å². The highest BCUT2D eigenvalue weighted by Crippen LogP contribution is 2.42. The number of aliphatic hydroxyl groups is 1. The third-order valence-corrected chi connectivity index (χ3v) is 9.62. The van der Waals surface area contributed by atoms with Crippen LogP contribution >= 0.6 is 0 Å². The van der Waals surface area contributed by atoms with Gasteiger partial charge in [0.15, 0.2) is 15.8 Å². The molecule has 3 fully saturated rings. The van der Waals surface area contributed by atoms with Crippen LogP contribution in [0.4, 0.5) is 0 Å². The number of sulfone groups is 1. The summed E-state index contributed by atoms with van der Waals surface area (Å²) in [5.74, 6) is 1.10. The van der Waals surface area contributed by atoms with Crippen molar-refractivity contribution in [1.82, 2.24) is 10.2 Å². The number of aliphatic hydroxyl groups excluding tert-OH is 1. The van der Waals surface area contributed by atoms with E-state index >= 15 is 0 Å². The second kappa shape index (κ2) is 8.68. The molecule has 0 aromatic carbocycles. The van der Waals surface area contributed by atoms with Crippen molar-refractivity contribution >= 4 is 15.8 Å². The van der Waals surface area contributed by atoms with Crippen molar-refractivity contribution in [2.24, 2.45) is 10.4 Å². The Hall–Kier alpha value is -0.820. The average molecular weight is 400 g/mol. The zero-order valence-corrected chi connectivity index (χ0v) is 17.7. The minimum Gasteiger partial charge on any atom is -0.396 e. The first-order chi connectivity index (χ1) is 13.0. The van der Waals surface area contributed by atoms with E-state index in [9.17, 15) is 13.5 Å². The molecule has 6 nitrogen and oxygen atoms in total. The van der Waals surface area contributed by atoms with E-state index in [1.54, 1.807) is 0 Å². The lowest BCUT2D eigenvalue weighted by molar-refractivity contribution is 0.190. The van der Waals surface area contributed by atoms with Crippen molar-refractivity contribution in [3.05, 3.63) is 0 Å². The fraction of sp³-hybridized carbons (Fsp3) is 0.950. The van der Waals surface area contributed by atoms with Gasteiger partial charge >= 0.3 is 0 Å². The van der Waals surface area contributed by atoms with Crippen LogP contribution in [0.2, 0.25) is 0 Å². The lowest BCUT2D eigenvalue weighted by Crippen LogP contribution is -2.60. The predicted molar refractivity (Wildman–Crippen MR) is 110 cm³/mol. The molecule has 2 aliphatic carbocycles. The fourth-order valence-electron chi connectivity index (χ4n) is 5.34. The van der Waals surface area contributed by atoms with E-state index < -0.39 is 14.6 Å². The molecule has 0 aromatic rings. The number of guanidine groups is 1. The van der Waals surface area contributed by atoms with Gasteiger partial charge in [-0.2, -0.15) is 0 Å². The quantitative estimate of drug-likeness (QED) is 0.548. The summed E-state index contributed by atoms with van der Waals surface area (Å²) in [6.45, 7) is 4.90. The molecule has 3 rings (SSSR count). The molecule has 0 unspecified atom stereocenters. The summed E-state index contributed by atoms with van der Waals surface area (Å²) in [7, 11) is -3.04. The van der Waals surface area contributed by atoms with E-state index in [2.05, 4.69) is 17.1 Å². The summed E-state index contributed by atoms with van der Waals surface area (Å²) in [6.07, 6.45) is 10.3. The highest BCUT2D eigenvalue weighted by molar-refractivity contribution is 7.92. The Morgan fingerprint density at radius 2 is 1.78 bits per heavy atom. The second-order valence-electron chi connectivity index (χ2n) is 8.83. The Balaban J connectivity index is 1.78. The molecule has 0 radical (unpaired) electrons. The molecular weight excluding hydrogens is 362 g/mol. The molecule has 0 atom stereocenters. The molecule has 27 heavy (non-hydrogen) atoms. The molecule has 1 saturated heterocycles. The van der Waals surface area contributed by atoms with Gasteiger partial charge in [-0.05, 0) is 44.4 Å². The van der Waals surface area contributed by atoms with Crippen LogP contribution in [0.1, 0.15) is 71.1 Å². The van der Waals surface area contributed by atoms with Crippen molar-refractivity contribution in [2.75, 3.05) is 38.5 Å². The maximum Gasteiger partial charge on any atom is 0.194 e. The predicted octanol–water partition coefficient (Wildman–Crippen LogP) is 2.33. The van der Waals surface area contributed by atoms with Gasteiger partial charge in [0.2, 0.25) is 0 Å². The van der Waals surface area contributed by atoms with Crippen LogP contribution in [-0.2, 0) is 9.84 Å². The number of hydrogen-bond donors (Lipinski definition) is 2. The van der Waals surface area contributed by atoms with Crippen LogP contribution in [-0.4, -0.2) is 67.7 Å². The Labute approximate surface area is 164 Å². The summed E-state index contributed by atoms with van der Waals surface area (Å²) < 4.78 is 25.2. The molecule has 1 spiro atoms. The van der Waals surface area contributed by atoms with Gasteiger partial charge in [0.05, 0.1) is 10.5 Å². The normalized spacial score (nSPS) is 27.0. The van der Waals surface area contributed by atoms with Gasteiger partial charge < -0.3 is 15.3 Å². The van der Waals surface area contributed by atoms with E-state index in [4.69, 9.17) is 4.99 Å². The van der Waals surface area contributed by atoms with Crippen molar-refractivity contribution in [3.8, 4) is 0 Å². The minimum absolute atomic E-state index is 0.125. The van der Waals surface area contributed by atoms with E-state index in [0.29, 0.717) is 13.1 Å². The van der Waals surface area contributed by atoms with Gasteiger partial charge in [-0.1, -0.05) is 32.1 Å². The molecule has 3 aliphatic rings. The first kappa shape index (κ1) is 20.9. The molecule has 7 heteroatoms. The largest absolute Gasteiger partial charge is 0.396 e.